The summed E-state index contributed by atoms with van der Waals surface area (Å²) in [5.74, 6) is 0. The van der Waals surface area contributed by atoms with E-state index in [0.29, 0.717) is 0 Å². The van der Waals surface area contributed by atoms with Crippen molar-refractivity contribution in [1.82, 2.24) is 14.4 Å². The minimum Gasteiger partial charge on any atom is -0.766 e. The van der Waals surface area contributed by atoms with E-state index in [1.807, 2.05) is 4.98 Å². The van der Waals surface area contributed by atoms with Crippen molar-refractivity contribution >= 4 is 23.3 Å². The van der Waals surface area contributed by atoms with Gasteiger partial charge in [0.2, 0.25) is 15.5 Å². The third-order valence-corrected chi connectivity index (χ3v) is 7.36. The maximum atomic E-state index is 11.7. The zero-order valence-corrected chi connectivity index (χ0v) is 25.2. The molecule has 0 spiro atoms. The Balaban J connectivity index is 0. The van der Waals surface area contributed by atoms with Gasteiger partial charge in [0.1, 0.15) is 12.3 Å². The summed E-state index contributed by atoms with van der Waals surface area (Å²) in [5, 5.41) is 9.89. The molecule has 2 rings (SSSR count). The standard InChI is InChI=1S/C9H16N3O13P3.3Na/c13-5-3-8(12-2-1-7(14)10-9(12)15)24-6(5)4-23-26(16,17)11-27(18,19)25-28(20,21)22;;;/h1-2,5-6,8,13H,3-4H2,(H,10,14,15)(H2,20,21,22)(H3,11,16,17,18,19);;;/q;3*+1/p-3/t5?,6-,8-;;;/m1.../s1. The van der Waals surface area contributed by atoms with Crippen LogP contribution in [0.3, 0.4) is 0 Å². The molecule has 22 heteroatoms. The van der Waals surface area contributed by atoms with Gasteiger partial charge in [-0.05, 0) is 0 Å². The summed E-state index contributed by atoms with van der Waals surface area (Å²) in [4.78, 5) is 66.9. The number of hydrogen-bond donors (Lipinski definition) is 4. The van der Waals surface area contributed by atoms with Crippen molar-refractivity contribution in [2.75, 3.05) is 6.61 Å². The van der Waals surface area contributed by atoms with Crippen LogP contribution in [0.2, 0.25) is 0 Å². The third kappa shape index (κ3) is 12.0. The molecule has 16 nitrogen and oxygen atoms in total. The molecule has 0 radical (unpaired) electrons. The van der Waals surface area contributed by atoms with E-state index < -0.39 is 59.6 Å². The molecule has 1 aromatic heterocycles. The number of nitrogens with one attached hydrogen (secondary N) is 2. The van der Waals surface area contributed by atoms with Gasteiger partial charge in [0.05, 0.1) is 12.7 Å². The van der Waals surface area contributed by atoms with Gasteiger partial charge in [-0.25, -0.2) is 4.79 Å². The number of hydrogen-bond acceptors (Lipinski definition) is 12. The van der Waals surface area contributed by atoms with Crippen LogP contribution in [-0.4, -0.2) is 38.4 Å². The summed E-state index contributed by atoms with van der Waals surface area (Å²) in [7, 11) is -17.1. The zero-order chi connectivity index (χ0) is 21.3. The molecule has 6 atom stereocenters. The maximum absolute atomic E-state index is 11.7. The zero-order valence-electron chi connectivity index (χ0n) is 16.5. The summed E-state index contributed by atoms with van der Waals surface area (Å²) in [6, 6.07) is 1.01. The van der Waals surface area contributed by atoms with Gasteiger partial charge < -0.3 is 33.9 Å². The first-order valence-electron chi connectivity index (χ1n) is 7.14. The van der Waals surface area contributed by atoms with E-state index in [1.165, 1.54) is 0 Å². The van der Waals surface area contributed by atoms with Crippen LogP contribution in [0, 0.1) is 0 Å². The second-order valence-electron chi connectivity index (χ2n) is 5.39. The normalized spacial score (nSPS) is 26.2. The number of aliphatic hydroxyl groups is 1. The largest absolute Gasteiger partial charge is 1.00 e. The average molecular weight is 533 g/mol. The fourth-order valence-electron chi connectivity index (χ4n) is 2.19. The van der Waals surface area contributed by atoms with Crippen LogP contribution in [0.1, 0.15) is 12.6 Å². The van der Waals surface area contributed by atoms with Gasteiger partial charge in [0.25, 0.3) is 13.4 Å². The molecule has 0 amide bonds. The Kier molecular flexibility index (Phi) is 15.8. The Labute approximate surface area is 240 Å². The summed E-state index contributed by atoms with van der Waals surface area (Å²) >= 11 is 0. The predicted octanol–water partition coefficient (Wildman–Crippen LogP) is -12.8. The maximum Gasteiger partial charge on any atom is 1.00 e. The monoisotopic (exact) mass is 533 g/mol. The average Bonchev–Trinajstić information content (AvgIpc) is 2.82. The second kappa shape index (κ2) is 13.9. The van der Waals surface area contributed by atoms with Crippen LogP contribution in [-0.2, 0) is 27.3 Å². The molecule has 31 heavy (non-hydrogen) atoms. The molecule has 0 aliphatic carbocycles. The number of ether oxygens (including phenoxy) is 1. The number of aromatic nitrogens is 2. The summed E-state index contributed by atoms with van der Waals surface area (Å²) in [6.07, 6.45) is -2.85. The van der Waals surface area contributed by atoms with Crippen molar-refractivity contribution < 1.29 is 141 Å². The Hall–Kier alpha value is 2.01. The first-order valence-corrected chi connectivity index (χ1v) is 11.7. The molecule has 4 unspecified atom stereocenters. The molecule has 0 aromatic carbocycles. The van der Waals surface area contributed by atoms with Crippen LogP contribution in [0.25, 0.3) is 0 Å². The molecule has 1 saturated heterocycles. The van der Waals surface area contributed by atoms with E-state index in [4.69, 9.17) is 9.63 Å². The molecule has 0 bridgehead atoms. The number of aromatic amines is 1. The first kappa shape index (κ1) is 35.2. The molecule has 1 fully saturated rings. The summed E-state index contributed by atoms with van der Waals surface area (Å²) < 4.78 is 46.8. The Morgan fingerprint density at radius 1 is 1.19 bits per heavy atom. The van der Waals surface area contributed by atoms with Gasteiger partial charge in [-0.2, -0.15) is 4.86 Å². The van der Waals surface area contributed by atoms with Crippen LogP contribution in [0.15, 0.2) is 21.9 Å². The fourth-order valence-corrected chi connectivity index (χ4v) is 5.53. The Bertz CT molecular complexity index is 982. The van der Waals surface area contributed by atoms with Crippen molar-refractivity contribution in [3.63, 3.8) is 0 Å². The van der Waals surface area contributed by atoms with E-state index in [2.05, 4.69) is 8.83 Å². The summed E-state index contributed by atoms with van der Waals surface area (Å²) in [6.45, 7) is -0.919. The van der Waals surface area contributed by atoms with Crippen molar-refractivity contribution in [3.8, 4) is 0 Å². The molecule has 1 aromatic rings. The second-order valence-corrected chi connectivity index (χ2v) is 10.0. The Morgan fingerprint density at radius 3 is 2.29 bits per heavy atom. The third-order valence-electron chi connectivity index (χ3n) is 3.23. The van der Waals surface area contributed by atoms with E-state index in [1.54, 1.807) is 0 Å². The smallest absolute Gasteiger partial charge is 0.766 e. The van der Waals surface area contributed by atoms with E-state index in [-0.39, 0.29) is 95.1 Å². The van der Waals surface area contributed by atoms with Gasteiger partial charge in [0, 0.05) is 18.7 Å². The molecule has 160 valence electrons. The van der Waals surface area contributed by atoms with E-state index in [9.17, 15) is 43.1 Å². The minimum absolute atomic E-state index is 0. The molecule has 1 aliphatic heterocycles. The van der Waals surface area contributed by atoms with E-state index >= 15 is 0 Å². The number of aliphatic hydroxyl groups excluding tert-OH is 1. The van der Waals surface area contributed by atoms with E-state index in [0.717, 1.165) is 21.7 Å². The van der Waals surface area contributed by atoms with Crippen molar-refractivity contribution in [2.24, 2.45) is 0 Å². The quantitative estimate of drug-likeness (QED) is 0.179. The van der Waals surface area contributed by atoms with Crippen LogP contribution >= 0.6 is 23.3 Å². The van der Waals surface area contributed by atoms with Crippen LogP contribution in [0.4, 0.5) is 0 Å². The topological polar surface area (TPSA) is 255 Å². The molecule has 2 heterocycles. The van der Waals surface area contributed by atoms with Crippen LogP contribution in [0.5, 0.6) is 0 Å². The summed E-state index contributed by atoms with van der Waals surface area (Å²) in [5.41, 5.74) is -1.52. The van der Waals surface area contributed by atoms with Gasteiger partial charge in [0.15, 0.2) is 0 Å². The Morgan fingerprint density at radius 2 is 1.77 bits per heavy atom. The number of rotatable bonds is 8. The number of nitrogens with zero attached hydrogens (tertiary/aromatic N) is 1. The van der Waals surface area contributed by atoms with Crippen molar-refractivity contribution in [1.29, 1.82) is 0 Å². The van der Waals surface area contributed by atoms with Crippen molar-refractivity contribution in [2.45, 2.75) is 24.9 Å². The van der Waals surface area contributed by atoms with Gasteiger partial charge >= 0.3 is 94.4 Å². The van der Waals surface area contributed by atoms with Crippen LogP contribution < -0.4 is 119 Å². The molecule has 0 saturated carbocycles. The SMILES string of the molecule is O=c1ccn([C@H]2CC(O)[C@@H](COP(=O)([O-])NP(=O)([O-])OP(=O)([O-])O)O2)c(=O)[nH]1.[Na+].[Na+].[Na+]. The molecular formula is C9H13N3Na3O13P3. The number of H-pyrrole nitrogens is 1. The molecule has 1 aliphatic rings. The van der Waals surface area contributed by atoms with Gasteiger partial charge in [-0.1, -0.05) is 0 Å². The fraction of sp³-hybridized carbons (Fsp3) is 0.556. The molecular weight excluding hydrogens is 520 g/mol. The predicted molar refractivity (Wildman–Crippen MR) is 81.1 cm³/mol. The van der Waals surface area contributed by atoms with Crippen molar-refractivity contribution in [3.05, 3.63) is 33.1 Å². The first-order chi connectivity index (χ1) is 12.7. The van der Waals surface area contributed by atoms with Gasteiger partial charge in [-0.3, -0.25) is 32.4 Å². The minimum atomic E-state index is -5.80. The van der Waals surface area contributed by atoms with Gasteiger partial charge in [-0.15, -0.1) is 0 Å². The molecule has 4 N–H and O–H groups in total. The number of phosphoric acid groups is 1.